The second-order valence-electron chi connectivity index (χ2n) is 6.48. The van der Waals surface area contributed by atoms with Crippen molar-refractivity contribution < 1.29 is 14.1 Å². The van der Waals surface area contributed by atoms with Crippen LogP contribution in [0.4, 0.5) is 0 Å². The third-order valence-electron chi connectivity index (χ3n) is 4.52. The number of rotatable bonds is 5. The Morgan fingerprint density at radius 1 is 1.36 bits per heavy atom. The highest BCUT2D eigenvalue weighted by atomic mass is 16.5. The molecule has 1 saturated heterocycles. The quantitative estimate of drug-likeness (QED) is 0.907. The highest BCUT2D eigenvalue weighted by Crippen LogP contribution is 2.33. The average molecular weight is 341 g/mol. The summed E-state index contributed by atoms with van der Waals surface area (Å²) in [7, 11) is 0. The van der Waals surface area contributed by atoms with E-state index >= 15 is 0 Å². The molecule has 0 spiro atoms. The summed E-state index contributed by atoms with van der Waals surface area (Å²) in [5, 5.41) is 6.97. The van der Waals surface area contributed by atoms with Crippen LogP contribution in [0.2, 0.25) is 0 Å². The number of nitrogens with zero attached hydrogens (tertiary/aromatic N) is 2. The van der Waals surface area contributed by atoms with Crippen molar-refractivity contribution in [3.05, 3.63) is 53.4 Å². The number of likely N-dealkylation sites (tertiary alicyclic amines) is 1. The van der Waals surface area contributed by atoms with E-state index in [-0.39, 0.29) is 30.3 Å². The summed E-state index contributed by atoms with van der Waals surface area (Å²) in [5.41, 5.74) is 1.73. The van der Waals surface area contributed by atoms with Crippen LogP contribution in [0.3, 0.4) is 0 Å². The lowest BCUT2D eigenvalue weighted by molar-refractivity contribution is -0.133. The topological polar surface area (TPSA) is 75.4 Å². The first-order valence-electron chi connectivity index (χ1n) is 8.59. The molecule has 1 aliphatic rings. The molecular weight excluding hydrogens is 318 g/mol. The van der Waals surface area contributed by atoms with E-state index in [0.717, 1.165) is 29.9 Å². The molecule has 2 aromatic rings. The molecule has 2 atom stereocenters. The van der Waals surface area contributed by atoms with Gasteiger partial charge in [-0.15, -0.1) is 0 Å². The number of hydrogen-bond donors (Lipinski definition) is 1. The molecule has 0 aliphatic carbocycles. The fourth-order valence-electron chi connectivity index (χ4n) is 3.39. The molecule has 1 aromatic carbocycles. The Bertz CT molecular complexity index is 741. The average Bonchev–Trinajstić information content (AvgIpc) is 3.23. The fourth-order valence-corrected chi connectivity index (χ4v) is 3.39. The zero-order chi connectivity index (χ0) is 17.8. The Hall–Kier alpha value is -2.63. The molecule has 1 aliphatic heterocycles. The van der Waals surface area contributed by atoms with Crippen LogP contribution in [0.25, 0.3) is 0 Å². The molecule has 132 valence electrons. The van der Waals surface area contributed by atoms with E-state index in [4.69, 9.17) is 4.52 Å². The number of benzene rings is 1. The van der Waals surface area contributed by atoms with Gasteiger partial charge in [0.15, 0.2) is 0 Å². The number of nitrogens with one attached hydrogen (secondary N) is 1. The molecule has 6 nitrogen and oxygen atoms in total. The Morgan fingerprint density at radius 3 is 2.76 bits per heavy atom. The maximum absolute atomic E-state index is 12.9. The molecule has 2 amide bonds. The molecule has 2 heterocycles. The summed E-state index contributed by atoms with van der Waals surface area (Å²) in [4.78, 5) is 26.3. The third-order valence-corrected chi connectivity index (χ3v) is 4.52. The van der Waals surface area contributed by atoms with Crippen LogP contribution >= 0.6 is 0 Å². The van der Waals surface area contributed by atoms with Gasteiger partial charge in [0.25, 0.3) is 0 Å². The van der Waals surface area contributed by atoms with E-state index < -0.39 is 0 Å². The lowest BCUT2D eigenvalue weighted by atomic mass is 10.0. The van der Waals surface area contributed by atoms with Gasteiger partial charge in [-0.25, -0.2) is 0 Å². The molecule has 3 rings (SSSR count). The maximum atomic E-state index is 12.9. The van der Waals surface area contributed by atoms with Gasteiger partial charge in [0, 0.05) is 19.5 Å². The van der Waals surface area contributed by atoms with Gasteiger partial charge in [0.2, 0.25) is 11.8 Å². The zero-order valence-electron chi connectivity index (χ0n) is 14.6. The Kier molecular flexibility index (Phi) is 5.16. The fraction of sp³-hybridized carbons (Fsp3) is 0.421. The van der Waals surface area contributed by atoms with E-state index in [0.29, 0.717) is 6.54 Å². The van der Waals surface area contributed by atoms with E-state index in [1.54, 1.807) is 0 Å². The van der Waals surface area contributed by atoms with Crippen LogP contribution < -0.4 is 5.32 Å². The zero-order valence-corrected chi connectivity index (χ0v) is 14.6. The molecule has 25 heavy (non-hydrogen) atoms. The van der Waals surface area contributed by atoms with Crippen molar-refractivity contribution in [3.63, 3.8) is 0 Å². The minimum Gasteiger partial charge on any atom is -0.361 e. The van der Waals surface area contributed by atoms with Crippen molar-refractivity contribution in [1.29, 1.82) is 0 Å². The molecule has 1 aromatic heterocycles. The van der Waals surface area contributed by atoms with Crippen LogP contribution in [0.5, 0.6) is 0 Å². The lowest BCUT2D eigenvalue weighted by Crippen LogP contribution is -2.35. The van der Waals surface area contributed by atoms with Crippen molar-refractivity contribution >= 4 is 11.8 Å². The van der Waals surface area contributed by atoms with Crippen molar-refractivity contribution in [2.24, 2.45) is 0 Å². The van der Waals surface area contributed by atoms with Crippen molar-refractivity contribution in [2.75, 3.05) is 6.54 Å². The van der Waals surface area contributed by atoms with Crippen molar-refractivity contribution in [1.82, 2.24) is 15.4 Å². The first-order chi connectivity index (χ1) is 12.0. The number of aryl methyl sites for hydroxylation is 1. The summed E-state index contributed by atoms with van der Waals surface area (Å²) in [6, 6.07) is 11.1. The minimum atomic E-state index is -0.327. The summed E-state index contributed by atoms with van der Waals surface area (Å²) < 4.78 is 5.16. The van der Waals surface area contributed by atoms with Gasteiger partial charge in [-0.3, -0.25) is 9.59 Å². The normalized spacial score (nSPS) is 18.2. The Labute approximate surface area is 147 Å². The molecule has 0 bridgehead atoms. The number of amides is 2. The van der Waals surface area contributed by atoms with Gasteiger partial charge < -0.3 is 14.7 Å². The molecule has 1 fully saturated rings. The standard InChI is InChI=1S/C19H23N3O3/c1-13-11-17(21-25-13)18-9-6-10-22(18)19(24)12-16(20-14(2)23)15-7-4-3-5-8-15/h3-5,7-8,11,16,18H,6,9-10,12H2,1-2H3,(H,20,23). The van der Waals surface area contributed by atoms with Crippen LogP contribution in [-0.4, -0.2) is 28.4 Å². The molecule has 6 heteroatoms. The molecule has 0 saturated carbocycles. The smallest absolute Gasteiger partial charge is 0.225 e. The molecular formula is C19H23N3O3. The van der Waals surface area contributed by atoms with Gasteiger partial charge in [-0.2, -0.15) is 0 Å². The van der Waals surface area contributed by atoms with Gasteiger partial charge in [0.05, 0.1) is 18.5 Å². The van der Waals surface area contributed by atoms with Crippen LogP contribution in [-0.2, 0) is 9.59 Å². The van der Waals surface area contributed by atoms with E-state index in [1.165, 1.54) is 6.92 Å². The minimum absolute atomic E-state index is 0.0192. The maximum Gasteiger partial charge on any atom is 0.225 e. The largest absolute Gasteiger partial charge is 0.361 e. The van der Waals surface area contributed by atoms with Gasteiger partial charge in [-0.05, 0) is 25.3 Å². The van der Waals surface area contributed by atoms with Crippen molar-refractivity contribution in [2.45, 2.75) is 45.2 Å². The number of hydrogen-bond acceptors (Lipinski definition) is 4. The van der Waals surface area contributed by atoms with Crippen LogP contribution in [0, 0.1) is 6.92 Å². The van der Waals surface area contributed by atoms with Crippen LogP contribution in [0.15, 0.2) is 40.9 Å². The summed E-state index contributed by atoms with van der Waals surface area (Å²) in [6.45, 7) is 4.02. The van der Waals surface area contributed by atoms with Gasteiger partial charge >= 0.3 is 0 Å². The monoisotopic (exact) mass is 341 g/mol. The second-order valence-corrected chi connectivity index (χ2v) is 6.48. The predicted octanol–water partition coefficient (Wildman–Crippen LogP) is 2.91. The summed E-state index contributed by atoms with van der Waals surface area (Å²) >= 11 is 0. The Balaban J connectivity index is 1.75. The third kappa shape index (κ3) is 4.07. The van der Waals surface area contributed by atoms with E-state index in [2.05, 4.69) is 10.5 Å². The van der Waals surface area contributed by atoms with Crippen LogP contribution in [0.1, 0.15) is 55.3 Å². The molecule has 2 unspecified atom stereocenters. The second kappa shape index (κ2) is 7.51. The first-order valence-corrected chi connectivity index (χ1v) is 8.59. The lowest BCUT2D eigenvalue weighted by Gasteiger charge is -2.26. The van der Waals surface area contributed by atoms with E-state index in [1.807, 2.05) is 48.2 Å². The Morgan fingerprint density at radius 2 is 2.12 bits per heavy atom. The SMILES string of the molecule is CC(=O)NC(CC(=O)N1CCCC1c1cc(C)on1)c1ccccc1. The first kappa shape index (κ1) is 17.2. The summed E-state index contributed by atoms with van der Waals surface area (Å²) in [6.07, 6.45) is 2.06. The van der Waals surface area contributed by atoms with Gasteiger partial charge in [-0.1, -0.05) is 35.5 Å². The summed E-state index contributed by atoms with van der Waals surface area (Å²) in [5.74, 6) is 0.618. The molecule has 0 radical (unpaired) electrons. The highest BCUT2D eigenvalue weighted by molar-refractivity contribution is 5.79. The highest BCUT2D eigenvalue weighted by Gasteiger charge is 2.33. The molecule has 1 N–H and O–H groups in total. The van der Waals surface area contributed by atoms with Crippen molar-refractivity contribution in [3.8, 4) is 0 Å². The van der Waals surface area contributed by atoms with Gasteiger partial charge in [0.1, 0.15) is 11.5 Å². The number of carbonyl (C=O) groups is 2. The number of carbonyl (C=O) groups excluding carboxylic acids is 2. The van der Waals surface area contributed by atoms with E-state index in [9.17, 15) is 9.59 Å². The predicted molar refractivity (Wildman–Crippen MR) is 92.5 cm³/mol. The number of aromatic nitrogens is 1.